The van der Waals surface area contributed by atoms with Gasteiger partial charge in [-0.15, -0.1) is 0 Å². The summed E-state index contributed by atoms with van der Waals surface area (Å²) in [7, 11) is 2.19. The fraction of sp³-hybridized carbons (Fsp3) is 0.933. The van der Waals surface area contributed by atoms with Gasteiger partial charge in [-0.2, -0.15) is 0 Å². The van der Waals surface area contributed by atoms with Gasteiger partial charge in [-0.3, -0.25) is 0 Å². The molecule has 2 fully saturated rings. The number of nitrogens with zero attached hydrogens (tertiary/aromatic N) is 1. The van der Waals surface area contributed by atoms with E-state index in [9.17, 15) is 4.79 Å². The lowest BCUT2D eigenvalue weighted by Crippen LogP contribution is -2.48. The molecule has 3 heteroatoms. The van der Waals surface area contributed by atoms with Crippen LogP contribution in [0.25, 0.3) is 0 Å². The maximum Gasteiger partial charge on any atom is 0.129 e. The van der Waals surface area contributed by atoms with E-state index in [-0.39, 0.29) is 5.41 Å². The normalized spacial score (nSPS) is 37.7. The Bertz CT molecular complexity index is 274. The molecule has 0 N–H and O–H groups in total. The standard InChI is InChI=1S/C15H27NO2/c1-13-6-3-4-7-14(13)16(2)10-15(11-17)8-5-9-18-12-15/h11,13-14H,3-10,12H2,1-2H3. The van der Waals surface area contributed by atoms with Gasteiger partial charge in [0.15, 0.2) is 0 Å². The summed E-state index contributed by atoms with van der Waals surface area (Å²) in [6.07, 6.45) is 8.48. The largest absolute Gasteiger partial charge is 0.380 e. The zero-order valence-corrected chi connectivity index (χ0v) is 11.9. The van der Waals surface area contributed by atoms with Crippen molar-refractivity contribution < 1.29 is 9.53 Å². The van der Waals surface area contributed by atoms with Crippen molar-refractivity contribution in [3.05, 3.63) is 0 Å². The molecule has 1 heterocycles. The lowest BCUT2D eigenvalue weighted by atomic mass is 9.80. The van der Waals surface area contributed by atoms with Crippen molar-refractivity contribution in [2.45, 2.75) is 51.5 Å². The van der Waals surface area contributed by atoms with Gasteiger partial charge in [0.05, 0.1) is 12.0 Å². The third-order valence-electron chi connectivity index (χ3n) is 4.80. The van der Waals surface area contributed by atoms with Crippen molar-refractivity contribution in [3.63, 3.8) is 0 Å². The molecule has 0 spiro atoms. The van der Waals surface area contributed by atoms with Gasteiger partial charge in [-0.1, -0.05) is 19.8 Å². The summed E-state index contributed by atoms with van der Waals surface area (Å²) in [5.74, 6) is 0.761. The molecule has 2 aliphatic rings. The summed E-state index contributed by atoms with van der Waals surface area (Å²) >= 11 is 0. The fourth-order valence-corrected chi connectivity index (χ4v) is 3.69. The average molecular weight is 253 g/mol. The van der Waals surface area contributed by atoms with Crippen LogP contribution >= 0.6 is 0 Å². The van der Waals surface area contributed by atoms with Gasteiger partial charge in [0, 0.05) is 19.2 Å². The molecule has 18 heavy (non-hydrogen) atoms. The summed E-state index contributed by atoms with van der Waals surface area (Å²) < 4.78 is 5.53. The Morgan fingerprint density at radius 3 is 2.72 bits per heavy atom. The van der Waals surface area contributed by atoms with Crippen LogP contribution in [-0.4, -0.2) is 44.0 Å². The van der Waals surface area contributed by atoms with Crippen molar-refractivity contribution in [3.8, 4) is 0 Å². The molecule has 0 amide bonds. The third kappa shape index (κ3) is 3.12. The third-order valence-corrected chi connectivity index (χ3v) is 4.80. The Labute approximate surface area is 111 Å². The monoisotopic (exact) mass is 253 g/mol. The molecule has 1 saturated carbocycles. The summed E-state index contributed by atoms with van der Waals surface area (Å²) in [4.78, 5) is 13.9. The number of carbonyl (C=O) groups is 1. The molecule has 104 valence electrons. The minimum Gasteiger partial charge on any atom is -0.380 e. The van der Waals surface area contributed by atoms with E-state index in [0.717, 1.165) is 38.2 Å². The molecule has 0 aromatic carbocycles. The molecule has 3 atom stereocenters. The molecule has 1 aliphatic heterocycles. The van der Waals surface area contributed by atoms with E-state index in [1.165, 1.54) is 25.7 Å². The Hall–Kier alpha value is -0.410. The summed E-state index contributed by atoms with van der Waals surface area (Å²) in [6, 6.07) is 0.650. The Kier molecular flexibility index (Phi) is 4.79. The number of aldehydes is 1. The fourth-order valence-electron chi connectivity index (χ4n) is 3.69. The van der Waals surface area contributed by atoms with E-state index in [1.807, 2.05) is 0 Å². The SMILES string of the molecule is CC1CCCCC1N(C)CC1(C=O)CCCOC1. The predicted molar refractivity (Wildman–Crippen MR) is 72.6 cm³/mol. The van der Waals surface area contributed by atoms with Crippen LogP contribution in [0.15, 0.2) is 0 Å². The van der Waals surface area contributed by atoms with E-state index >= 15 is 0 Å². The van der Waals surface area contributed by atoms with Crippen LogP contribution in [0.3, 0.4) is 0 Å². The van der Waals surface area contributed by atoms with Crippen LogP contribution in [0.2, 0.25) is 0 Å². The highest BCUT2D eigenvalue weighted by Crippen LogP contribution is 2.32. The number of hydrogen-bond donors (Lipinski definition) is 0. The number of carbonyl (C=O) groups excluding carboxylic acids is 1. The van der Waals surface area contributed by atoms with E-state index in [0.29, 0.717) is 12.6 Å². The quantitative estimate of drug-likeness (QED) is 0.721. The van der Waals surface area contributed by atoms with Crippen LogP contribution in [0, 0.1) is 11.3 Å². The topological polar surface area (TPSA) is 29.5 Å². The Morgan fingerprint density at radius 2 is 2.11 bits per heavy atom. The van der Waals surface area contributed by atoms with Crippen LogP contribution < -0.4 is 0 Å². The van der Waals surface area contributed by atoms with Crippen molar-refractivity contribution in [1.29, 1.82) is 0 Å². The maximum atomic E-state index is 11.5. The van der Waals surface area contributed by atoms with Crippen LogP contribution in [0.4, 0.5) is 0 Å². The second-order valence-electron chi connectivity index (χ2n) is 6.38. The van der Waals surface area contributed by atoms with E-state index in [2.05, 4.69) is 18.9 Å². The second-order valence-corrected chi connectivity index (χ2v) is 6.38. The highest BCUT2D eigenvalue weighted by Gasteiger charge is 2.36. The molecule has 0 aromatic heterocycles. The second kappa shape index (κ2) is 6.16. The predicted octanol–water partition coefficient (Wildman–Crippen LogP) is 2.49. The van der Waals surface area contributed by atoms with Crippen molar-refractivity contribution in [2.24, 2.45) is 11.3 Å². The maximum absolute atomic E-state index is 11.5. The van der Waals surface area contributed by atoms with E-state index < -0.39 is 0 Å². The number of rotatable bonds is 4. The lowest BCUT2D eigenvalue weighted by molar-refractivity contribution is -0.126. The smallest absolute Gasteiger partial charge is 0.129 e. The first-order valence-electron chi connectivity index (χ1n) is 7.41. The highest BCUT2D eigenvalue weighted by molar-refractivity contribution is 5.60. The summed E-state index contributed by atoms with van der Waals surface area (Å²) in [5.41, 5.74) is -0.246. The molecule has 0 aromatic rings. The number of ether oxygens (including phenoxy) is 1. The molecule has 1 aliphatic carbocycles. The minimum atomic E-state index is -0.246. The minimum absolute atomic E-state index is 0.246. The van der Waals surface area contributed by atoms with Crippen LogP contribution in [0.1, 0.15) is 45.4 Å². The van der Waals surface area contributed by atoms with Crippen LogP contribution in [0.5, 0.6) is 0 Å². The van der Waals surface area contributed by atoms with Gasteiger partial charge in [-0.25, -0.2) is 0 Å². The first-order valence-corrected chi connectivity index (χ1v) is 7.41. The molecule has 3 unspecified atom stereocenters. The molecule has 0 bridgehead atoms. The van der Waals surface area contributed by atoms with E-state index in [1.54, 1.807) is 0 Å². The molecule has 0 radical (unpaired) electrons. The van der Waals surface area contributed by atoms with Gasteiger partial charge in [0.2, 0.25) is 0 Å². The molecular weight excluding hydrogens is 226 g/mol. The average Bonchev–Trinajstić information content (AvgIpc) is 2.40. The molecule has 2 rings (SSSR count). The summed E-state index contributed by atoms with van der Waals surface area (Å²) in [6.45, 7) is 4.65. The number of hydrogen-bond acceptors (Lipinski definition) is 3. The molecule has 3 nitrogen and oxygen atoms in total. The van der Waals surface area contributed by atoms with Crippen molar-refractivity contribution in [1.82, 2.24) is 4.90 Å². The zero-order valence-electron chi connectivity index (χ0n) is 11.9. The summed E-state index contributed by atoms with van der Waals surface area (Å²) in [5, 5.41) is 0. The van der Waals surface area contributed by atoms with Gasteiger partial charge in [-0.05, 0) is 38.6 Å². The molecular formula is C15H27NO2. The molecule has 1 saturated heterocycles. The highest BCUT2D eigenvalue weighted by atomic mass is 16.5. The van der Waals surface area contributed by atoms with Gasteiger partial charge in [0.1, 0.15) is 6.29 Å². The van der Waals surface area contributed by atoms with E-state index in [4.69, 9.17) is 4.74 Å². The van der Waals surface area contributed by atoms with Crippen molar-refractivity contribution >= 4 is 6.29 Å². The lowest BCUT2D eigenvalue weighted by Gasteiger charge is -2.42. The first kappa shape index (κ1) is 14.0. The van der Waals surface area contributed by atoms with Gasteiger partial charge >= 0.3 is 0 Å². The Morgan fingerprint density at radius 1 is 1.33 bits per heavy atom. The van der Waals surface area contributed by atoms with Crippen LogP contribution in [-0.2, 0) is 9.53 Å². The first-order chi connectivity index (χ1) is 8.67. The Balaban J connectivity index is 1.95. The van der Waals surface area contributed by atoms with Crippen molar-refractivity contribution in [2.75, 3.05) is 26.8 Å². The zero-order chi connectivity index (χ0) is 13.0. The van der Waals surface area contributed by atoms with Gasteiger partial charge in [0.25, 0.3) is 0 Å². The van der Waals surface area contributed by atoms with Gasteiger partial charge < -0.3 is 14.4 Å².